The van der Waals surface area contributed by atoms with Gasteiger partial charge in [0, 0.05) is 45.8 Å². The van der Waals surface area contributed by atoms with Crippen molar-refractivity contribution in [1.82, 2.24) is 19.9 Å². The molecule has 2 aliphatic heterocycles. The third-order valence-corrected chi connectivity index (χ3v) is 5.39. The molecule has 27 heavy (non-hydrogen) atoms. The van der Waals surface area contributed by atoms with E-state index >= 15 is 0 Å². The van der Waals surface area contributed by atoms with Crippen LogP contribution in [0.5, 0.6) is 0 Å². The van der Waals surface area contributed by atoms with Crippen molar-refractivity contribution in [2.24, 2.45) is 11.7 Å². The quantitative estimate of drug-likeness (QED) is 0.764. The summed E-state index contributed by atoms with van der Waals surface area (Å²) in [6.07, 6.45) is 2.52. The summed E-state index contributed by atoms with van der Waals surface area (Å²) in [4.78, 5) is 21.3. The van der Waals surface area contributed by atoms with Gasteiger partial charge in [0.05, 0.1) is 12.1 Å². The zero-order chi connectivity index (χ0) is 17.8. The van der Waals surface area contributed by atoms with E-state index < -0.39 is 6.04 Å². The van der Waals surface area contributed by atoms with Gasteiger partial charge in [-0.2, -0.15) is 4.98 Å². The van der Waals surface area contributed by atoms with Gasteiger partial charge < -0.3 is 19.9 Å². The fourth-order valence-electron chi connectivity index (χ4n) is 3.55. The van der Waals surface area contributed by atoms with Crippen molar-refractivity contribution >= 4 is 30.7 Å². The van der Waals surface area contributed by atoms with Gasteiger partial charge in [0.15, 0.2) is 5.82 Å². The van der Waals surface area contributed by atoms with Crippen LogP contribution in [-0.4, -0.2) is 71.3 Å². The van der Waals surface area contributed by atoms with Crippen LogP contribution in [0.15, 0.2) is 4.52 Å². The Bertz CT molecular complexity index is 575. The van der Waals surface area contributed by atoms with Crippen LogP contribution in [0.4, 0.5) is 0 Å². The molecule has 0 aliphatic carbocycles. The first-order valence-electron chi connectivity index (χ1n) is 9.28. The first-order chi connectivity index (χ1) is 12.1. The minimum Gasteiger partial charge on any atom is -0.381 e. The molecule has 1 aromatic heterocycles. The molecule has 0 bridgehead atoms. The standard InChI is InChI=1S/C17H29N5O3.2ClH/c1-3-14-19-16(25-20-14)12(2)21-6-8-22(9-7-21)17(23)15(18)13-4-10-24-11-5-13;;/h12-13,15H,3-11,18H2,1-2H3;2*1H. The van der Waals surface area contributed by atoms with Crippen molar-refractivity contribution in [2.75, 3.05) is 39.4 Å². The Morgan fingerprint density at radius 2 is 1.85 bits per heavy atom. The Morgan fingerprint density at radius 3 is 2.41 bits per heavy atom. The summed E-state index contributed by atoms with van der Waals surface area (Å²) in [5.41, 5.74) is 6.23. The lowest BCUT2D eigenvalue weighted by Gasteiger charge is -2.39. The maximum absolute atomic E-state index is 12.7. The molecule has 2 unspecified atom stereocenters. The summed E-state index contributed by atoms with van der Waals surface area (Å²) in [6, 6.07) is -0.342. The number of carbonyl (C=O) groups is 1. The number of ether oxygens (including phenoxy) is 1. The Labute approximate surface area is 173 Å². The number of piperazine rings is 1. The van der Waals surface area contributed by atoms with Gasteiger partial charge in [-0.1, -0.05) is 12.1 Å². The van der Waals surface area contributed by atoms with Crippen molar-refractivity contribution in [3.63, 3.8) is 0 Å². The van der Waals surface area contributed by atoms with E-state index in [9.17, 15) is 4.79 Å². The molecule has 156 valence electrons. The maximum Gasteiger partial charge on any atom is 0.243 e. The van der Waals surface area contributed by atoms with Crippen LogP contribution in [0.3, 0.4) is 0 Å². The van der Waals surface area contributed by atoms with Crippen molar-refractivity contribution < 1.29 is 14.1 Å². The number of halogens is 2. The second kappa shape index (κ2) is 11.2. The number of carbonyl (C=O) groups excluding carboxylic acids is 1. The topological polar surface area (TPSA) is 97.7 Å². The lowest BCUT2D eigenvalue weighted by molar-refractivity contribution is -0.136. The highest BCUT2D eigenvalue weighted by atomic mass is 35.5. The van der Waals surface area contributed by atoms with Crippen LogP contribution >= 0.6 is 24.8 Å². The number of hydrogen-bond donors (Lipinski definition) is 1. The molecule has 0 spiro atoms. The van der Waals surface area contributed by atoms with Crippen LogP contribution < -0.4 is 5.73 Å². The van der Waals surface area contributed by atoms with Crippen molar-refractivity contribution in [3.05, 3.63) is 11.7 Å². The van der Waals surface area contributed by atoms with E-state index in [1.807, 2.05) is 11.8 Å². The lowest BCUT2D eigenvalue weighted by Crippen LogP contribution is -2.55. The van der Waals surface area contributed by atoms with Gasteiger partial charge in [-0.05, 0) is 25.7 Å². The van der Waals surface area contributed by atoms with E-state index in [-0.39, 0.29) is 42.7 Å². The largest absolute Gasteiger partial charge is 0.381 e. The Kier molecular flexibility index (Phi) is 9.97. The highest BCUT2D eigenvalue weighted by Crippen LogP contribution is 2.22. The van der Waals surface area contributed by atoms with Gasteiger partial charge in [-0.3, -0.25) is 9.69 Å². The van der Waals surface area contributed by atoms with Crippen LogP contribution in [0.1, 0.15) is 44.4 Å². The normalized spacial score (nSPS) is 21.1. The Hall–Kier alpha value is -0.930. The summed E-state index contributed by atoms with van der Waals surface area (Å²) in [5.74, 6) is 1.70. The van der Waals surface area contributed by atoms with E-state index in [0.29, 0.717) is 32.2 Å². The van der Waals surface area contributed by atoms with E-state index in [0.717, 1.165) is 38.2 Å². The zero-order valence-corrected chi connectivity index (χ0v) is 17.6. The molecule has 2 fully saturated rings. The average molecular weight is 424 g/mol. The molecule has 2 atom stereocenters. The number of nitrogens with two attached hydrogens (primary N) is 1. The molecule has 3 heterocycles. The second-order valence-electron chi connectivity index (χ2n) is 6.92. The third-order valence-electron chi connectivity index (χ3n) is 5.39. The summed E-state index contributed by atoms with van der Waals surface area (Å²) >= 11 is 0. The monoisotopic (exact) mass is 423 g/mol. The molecule has 8 nitrogen and oxygen atoms in total. The highest BCUT2D eigenvalue weighted by Gasteiger charge is 2.33. The van der Waals surface area contributed by atoms with Gasteiger partial charge in [-0.15, -0.1) is 24.8 Å². The molecular formula is C17H31Cl2N5O3. The van der Waals surface area contributed by atoms with Gasteiger partial charge in [0.2, 0.25) is 11.8 Å². The Balaban J connectivity index is 0.00000182. The van der Waals surface area contributed by atoms with Crippen LogP contribution in [0.25, 0.3) is 0 Å². The number of aryl methyl sites for hydroxylation is 1. The van der Waals surface area contributed by atoms with Gasteiger partial charge in [0.25, 0.3) is 0 Å². The fourth-order valence-corrected chi connectivity index (χ4v) is 3.55. The van der Waals surface area contributed by atoms with Gasteiger partial charge in [0.1, 0.15) is 0 Å². The average Bonchev–Trinajstić information content (AvgIpc) is 3.16. The van der Waals surface area contributed by atoms with E-state index in [1.54, 1.807) is 0 Å². The minimum atomic E-state index is -0.407. The van der Waals surface area contributed by atoms with Gasteiger partial charge >= 0.3 is 0 Å². The molecule has 1 aromatic rings. The maximum atomic E-state index is 12.7. The molecule has 0 radical (unpaired) electrons. The summed E-state index contributed by atoms with van der Waals surface area (Å²) in [5, 5.41) is 3.96. The third kappa shape index (κ3) is 5.77. The van der Waals surface area contributed by atoms with Crippen molar-refractivity contribution in [2.45, 2.75) is 45.2 Å². The van der Waals surface area contributed by atoms with Gasteiger partial charge in [-0.25, -0.2) is 0 Å². The molecule has 1 amide bonds. The zero-order valence-electron chi connectivity index (χ0n) is 16.0. The summed E-state index contributed by atoms with van der Waals surface area (Å²) < 4.78 is 10.7. The highest BCUT2D eigenvalue weighted by molar-refractivity contribution is 5.85. The molecule has 2 N–H and O–H groups in total. The van der Waals surface area contributed by atoms with E-state index in [2.05, 4.69) is 22.0 Å². The minimum absolute atomic E-state index is 0. The van der Waals surface area contributed by atoms with Crippen LogP contribution in [0.2, 0.25) is 0 Å². The number of nitrogens with zero attached hydrogens (tertiary/aromatic N) is 4. The van der Waals surface area contributed by atoms with Crippen molar-refractivity contribution in [3.8, 4) is 0 Å². The van der Waals surface area contributed by atoms with E-state index in [4.69, 9.17) is 15.0 Å². The molecule has 10 heteroatoms. The molecule has 2 aliphatic rings. The first kappa shape index (κ1) is 24.1. The predicted molar refractivity (Wildman–Crippen MR) is 106 cm³/mol. The first-order valence-corrected chi connectivity index (χ1v) is 9.28. The summed E-state index contributed by atoms with van der Waals surface area (Å²) in [6.45, 7) is 8.45. The number of amides is 1. The number of aromatic nitrogens is 2. The second-order valence-corrected chi connectivity index (χ2v) is 6.92. The molecule has 3 rings (SSSR count). The lowest BCUT2D eigenvalue weighted by atomic mass is 9.91. The SMILES string of the molecule is CCc1noc(C(C)N2CCN(C(=O)C(N)C3CCOCC3)CC2)n1.Cl.Cl. The molecule has 2 saturated heterocycles. The van der Waals surface area contributed by atoms with E-state index in [1.165, 1.54) is 0 Å². The van der Waals surface area contributed by atoms with Crippen LogP contribution in [-0.2, 0) is 16.0 Å². The predicted octanol–water partition coefficient (Wildman–Crippen LogP) is 1.43. The number of rotatable bonds is 5. The van der Waals surface area contributed by atoms with Crippen molar-refractivity contribution in [1.29, 1.82) is 0 Å². The smallest absolute Gasteiger partial charge is 0.243 e. The molecule has 0 saturated carbocycles. The molecule has 0 aromatic carbocycles. The summed E-state index contributed by atoms with van der Waals surface area (Å²) in [7, 11) is 0. The van der Waals surface area contributed by atoms with Crippen LogP contribution in [0, 0.1) is 5.92 Å². The Morgan fingerprint density at radius 1 is 1.22 bits per heavy atom. The fraction of sp³-hybridized carbons (Fsp3) is 0.824. The molecular weight excluding hydrogens is 393 g/mol. The number of hydrogen-bond acceptors (Lipinski definition) is 7.